The Morgan fingerprint density at radius 1 is 1.47 bits per heavy atom. The molecule has 1 rings (SSSR count). The molecule has 0 bridgehead atoms. The van der Waals surface area contributed by atoms with Gasteiger partial charge in [0.05, 0.1) is 12.0 Å². The van der Waals surface area contributed by atoms with Gasteiger partial charge in [-0.05, 0) is 23.3 Å². The maximum absolute atomic E-state index is 11.4. The van der Waals surface area contributed by atoms with Crippen LogP contribution in [0.1, 0.15) is 32.5 Å². The highest BCUT2D eigenvalue weighted by Gasteiger charge is 2.36. The van der Waals surface area contributed by atoms with Gasteiger partial charge in [-0.2, -0.15) is 0 Å². The van der Waals surface area contributed by atoms with E-state index < -0.39 is 11.4 Å². The molecule has 1 aromatic heterocycles. The van der Waals surface area contributed by atoms with E-state index in [0.29, 0.717) is 18.7 Å². The fraction of sp³-hybridized carbons (Fsp3) is 0.800. The van der Waals surface area contributed by atoms with Gasteiger partial charge >= 0.3 is 5.97 Å². The normalized spacial score (nSPS) is 11.7. The Morgan fingerprint density at radius 2 is 2.12 bits per heavy atom. The van der Waals surface area contributed by atoms with E-state index in [1.165, 1.54) is 4.68 Å². The van der Waals surface area contributed by atoms with Crippen molar-refractivity contribution in [2.45, 2.75) is 39.8 Å². The average molecular weight is 242 g/mol. The highest BCUT2D eigenvalue weighted by molar-refractivity contribution is 5.74. The van der Waals surface area contributed by atoms with Crippen molar-refractivity contribution in [3.63, 3.8) is 0 Å². The summed E-state index contributed by atoms with van der Waals surface area (Å²) >= 11 is 0. The lowest BCUT2D eigenvalue weighted by Crippen LogP contribution is -2.35. The van der Waals surface area contributed by atoms with Crippen LogP contribution in [0.5, 0.6) is 0 Å². The van der Waals surface area contributed by atoms with Crippen LogP contribution in [0, 0.1) is 5.41 Å². The van der Waals surface area contributed by atoms with Crippen LogP contribution in [-0.2, 0) is 22.7 Å². The number of ether oxygens (including phenoxy) is 1. The number of tetrazole rings is 1. The van der Waals surface area contributed by atoms with E-state index in [1.807, 2.05) is 13.8 Å². The molecule has 96 valence electrons. The molecule has 1 heterocycles. The van der Waals surface area contributed by atoms with Gasteiger partial charge in [0, 0.05) is 7.11 Å². The molecule has 0 fully saturated rings. The number of hydrogen-bond donors (Lipinski definition) is 1. The highest BCUT2D eigenvalue weighted by Crippen LogP contribution is 2.28. The molecule has 0 saturated heterocycles. The van der Waals surface area contributed by atoms with Crippen LogP contribution >= 0.6 is 0 Å². The van der Waals surface area contributed by atoms with Gasteiger partial charge in [0.15, 0.2) is 5.82 Å². The Hall–Kier alpha value is -1.50. The van der Waals surface area contributed by atoms with Crippen LogP contribution in [0.15, 0.2) is 0 Å². The van der Waals surface area contributed by atoms with Gasteiger partial charge in [-0.25, -0.2) is 4.68 Å². The standard InChI is InChI=1S/C10H18N4O3/c1-4-10(5-2,9(15)16)7-14-8(6-17-3)11-12-13-14/h4-7H2,1-3H3,(H,15,16). The first-order chi connectivity index (χ1) is 8.09. The number of hydrogen-bond acceptors (Lipinski definition) is 5. The molecule has 7 heteroatoms. The van der Waals surface area contributed by atoms with Gasteiger partial charge in [0.1, 0.15) is 6.61 Å². The molecule has 0 aliphatic rings. The third-order valence-electron chi connectivity index (χ3n) is 3.14. The Labute approximate surface area is 99.8 Å². The summed E-state index contributed by atoms with van der Waals surface area (Å²) in [6.07, 6.45) is 1.07. The Bertz CT molecular complexity index is 373. The van der Waals surface area contributed by atoms with Crippen molar-refractivity contribution in [1.82, 2.24) is 20.2 Å². The summed E-state index contributed by atoms with van der Waals surface area (Å²) in [5.74, 6) is -0.276. The molecule has 0 radical (unpaired) electrons. The van der Waals surface area contributed by atoms with Crippen LogP contribution in [0.4, 0.5) is 0 Å². The van der Waals surface area contributed by atoms with Gasteiger partial charge in [-0.15, -0.1) is 5.10 Å². The predicted molar refractivity (Wildman–Crippen MR) is 59.2 cm³/mol. The number of nitrogens with zero attached hydrogens (tertiary/aromatic N) is 4. The van der Waals surface area contributed by atoms with Crippen LogP contribution < -0.4 is 0 Å². The fourth-order valence-electron chi connectivity index (χ4n) is 1.71. The second-order valence-corrected chi connectivity index (χ2v) is 3.98. The minimum Gasteiger partial charge on any atom is -0.481 e. The quantitative estimate of drug-likeness (QED) is 0.757. The second-order valence-electron chi connectivity index (χ2n) is 3.98. The molecule has 0 unspecified atom stereocenters. The largest absolute Gasteiger partial charge is 0.481 e. The first-order valence-corrected chi connectivity index (χ1v) is 5.57. The van der Waals surface area contributed by atoms with Crippen molar-refractivity contribution in [3.8, 4) is 0 Å². The van der Waals surface area contributed by atoms with Gasteiger partial charge in [0.2, 0.25) is 0 Å². The lowest BCUT2D eigenvalue weighted by atomic mass is 9.82. The third-order valence-corrected chi connectivity index (χ3v) is 3.14. The van der Waals surface area contributed by atoms with Crippen molar-refractivity contribution >= 4 is 5.97 Å². The second kappa shape index (κ2) is 5.72. The Balaban J connectivity index is 2.93. The SMILES string of the molecule is CCC(CC)(Cn1nnnc1COC)C(=O)O. The molecule has 7 nitrogen and oxygen atoms in total. The van der Waals surface area contributed by atoms with Gasteiger partial charge in [0.25, 0.3) is 0 Å². The van der Waals surface area contributed by atoms with Gasteiger partial charge in [-0.1, -0.05) is 13.8 Å². The molecule has 0 saturated carbocycles. The molecule has 0 atom stereocenters. The zero-order valence-corrected chi connectivity index (χ0v) is 10.4. The van der Waals surface area contributed by atoms with Crippen LogP contribution in [0.3, 0.4) is 0 Å². The van der Waals surface area contributed by atoms with Crippen molar-refractivity contribution < 1.29 is 14.6 Å². The van der Waals surface area contributed by atoms with Crippen LogP contribution in [-0.4, -0.2) is 38.4 Å². The number of carboxylic acids is 1. The van der Waals surface area contributed by atoms with E-state index in [2.05, 4.69) is 15.5 Å². The molecule has 0 aromatic carbocycles. The zero-order chi connectivity index (χ0) is 12.9. The fourth-order valence-corrected chi connectivity index (χ4v) is 1.71. The monoisotopic (exact) mass is 242 g/mol. The summed E-state index contributed by atoms with van der Waals surface area (Å²) in [6.45, 7) is 4.26. The molecule has 0 aliphatic carbocycles. The van der Waals surface area contributed by atoms with E-state index in [9.17, 15) is 9.90 Å². The Morgan fingerprint density at radius 3 is 2.59 bits per heavy atom. The smallest absolute Gasteiger partial charge is 0.311 e. The Kier molecular flexibility index (Phi) is 4.56. The van der Waals surface area contributed by atoms with Gasteiger partial charge < -0.3 is 9.84 Å². The molecular formula is C10H18N4O3. The maximum Gasteiger partial charge on any atom is 0.311 e. The number of aromatic nitrogens is 4. The molecule has 1 aromatic rings. The highest BCUT2D eigenvalue weighted by atomic mass is 16.5. The van der Waals surface area contributed by atoms with Crippen molar-refractivity contribution in [3.05, 3.63) is 5.82 Å². The molecule has 0 spiro atoms. The molecule has 0 aliphatic heterocycles. The first kappa shape index (κ1) is 13.6. The summed E-state index contributed by atoms with van der Waals surface area (Å²) in [6, 6.07) is 0. The number of rotatable bonds is 7. The predicted octanol–water partition coefficient (Wildman–Crippen LogP) is 0.710. The van der Waals surface area contributed by atoms with E-state index in [0.717, 1.165) is 0 Å². The summed E-state index contributed by atoms with van der Waals surface area (Å²) in [5, 5.41) is 20.5. The van der Waals surface area contributed by atoms with Crippen LogP contribution in [0.25, 0.3) is 0 Å². The average Bonchev–Trinajstić information content (AvgIpc) is 2.73. The number of methoxy groups -OCH3 is 1. The minimum absolute atomic E-state index is 0.265. The number of carboxylic acid groups (broad SMARTS) is 1. The third kappa shape index (κ3) is 2.79. The van der Waals surface area contributed by atoms with Crippen molar-refractivity contribution in [2.75, 3.05) is 7.11 Å². The minimum atomic E-state index is -0.822. The first-order valence-electron chi connectivity index (χ1n) is 5.57. The van der Waals surface area contributed by atoms with Crippen molar-refractivity contribution in [1.29, 1.82) is 0 Å². The number of aliphatic carboxylic acids is 1. The molecule has 0 amide bonds. The lowest BCUT2D eigenvalue weighted by molar-refractivity contribution is -0.150. The molecule has 1 N–H and O–H groups in total. The summed E-state index contributed by atoms with van der Waals surface area (Å²) in [7, 11) is 1.54. The topological polar surface area (TPSA) is 90.1 Å². The van der Waals surface area contributed by atoms with Crippen molar-refractivity contribution in [2.24, 2.45) is 5.41 Å². The molecular weight excluding hydrogens is 224 g/mol. The van der Waals surface area contributed by atoms with E-state index in [4.69, 9.17) is 4.74 Å². The molecule has 17 heavy (non-hydrogen) atoms. The van der Waals surface area contributed by atoms with E-state index in [1.54, 1.807) is 7.11 Å². The van der Waals surface area contributed by atoms with Crippen LogP contribution in [0.2, 0.25) is 0 Å². The zero-order valence-electron chi connectivity index (χ0n) is 10.4. The van der Waals surface area contributed by atoms with E-state index in [-0.39, 0.29) is 13.2 Å². The van der Waals surface area contributed by atoms with E-state index >= 15 is 0 Å². The van der Waals surface area contributed by atoms with Gasteiger partial charge in [-0.3, -0.25) is 4.79 Å². The number of carbonyl (C=O) groups is 1. The lowest BCUT2D eigenvalue weighted by Gasteiger charge is -2.26. The summed E-state index contributed by atoms with van der Waals surface area (Å²) in [5.41, 5.74) is -0.822. The summed E-state index contributed by atoms with van der Waals surface area (Å²) in [4.78, 5) is 11.4. The summed E-state index contributed by atoms with van der Waals surface area (Å²) < 4.78 is 6.46. The maximum atomic E-state index is 11.4.